The Labute approximate surface area is 70.4 Å². The van der Waals surface area contributed by atoms with Crippen molar-refractivity contribution >= 4 is 11.9 Å². The van der Waals surface area contributed by atoms with E-state index in [4.69, 9.17) is 4.74 Å². The third-order valence-corrected chi connectivity index (χ3v) is 1.36. The van der Waals surface area contributed by atoms with Gasteiger partial charge in [-0.3, -0.25) is 10.2 Å². The van der Waals surface area contributed by atoms with E-state index in [0.717, 1.165) is 12.8 Å². The van der Waals surface area contributed by atoms with Gasteiger partial charge in [-0.2, -0.15) is 0 Å². The van der Waals surface area contributed by atoms with Gasteiger partial charge < -0.3 is 4.74 Å². The van der Waals surface area contributed by atoms with Gasteiger partial charge in [-0.15, -0.1) is 0 Å². The predicted molar refractivity (Wildman–Crippen MR) is 40.9 cm³/mol. The summed E-state index contributed by atoms with van der Waals surface area (Å²) in [4.78, 5) is 21.6. The Kier molecular flexibility index (Phi) is 3.04. The van der Waals surface area contributed by atoms with Crippen molar-refractivity contribution in [2.45, 2.75) is 25.9 Å². The number of hydrogen-bond donors (Lipinski definition) is 2. The van der Waals surface area contributed by atoms with Gasteiger partial charge in [0, 0.05) is 6.54 Å². The van der Waals surface area contributed by atoms with Crippen LogP contribution in [0.1, 0.15) is 19.8 Å². The Hall–Kier alpha value is -1.10. The normalized spacial score (nSPS) is 15.4. The first-order chi connectivity index (χ1) is 5.74. The molecule has 1 fully saturated rings. The second-order valence-corrected chi connectivity index (χ2v) is 2.59. The van der Waals surface area contributed by atoms with Crippen LogP contribution in [0, 0.1) is 0 Å². The summed E-state index contributed by atoms with van der Waals surface area (Å²) in [7, 11) is 0. The molecule has 5 nitrogen and oxygen atoms in total. The molecular formula is C7H12N2O3. The van der Waals surface area contributed by atoms with E-state index in [1.807, 2.05) is 6.92 Å². The highest BCUT2D eigenvalue weighted by Crippen LogP contribution is 2.23. The number of rotatable bonds is 3. The molecule has 0 aromatic carbocycles. The van der Waals surface area contributed by atoms with Crippen molar-refractivity contribution in [3.05, 3.63) is 0 Å². The third kappa shape index (κ3) is 2.87. The topological polar surface area (TPSA) is 67.4 Å². The van der Waals surface area contributed by atoms with Crippen LogP contribution >= 0.6 is 0 Å². The maximum atomic E-state index is 10.8. The SMILES string of the molecule is CCNNC(=O)C(=O)OC1CC1. The van der Waals surface area contributed by atoms with Crippen molar-refractivity contribution in [1.82, 2.24) is 10.9 Å². The standard InChI is InChI=1S/C7H12N2O3/c1-2-8-9-6(10)7(11)12-5-3-4-5/h5,8H,2-4H2,1H3,(H,9,10). The number of esters is 1. The summed E-state index contributed by atoms with van der Waals surface area (Å²) in [6, 6.07) is 0. The van der Waals surface area contributed by atoms with E-state index in [9.17, 15) is 9.59 Å². The fourth-order valence-electron chi connectivity index (χ4n) is 0.610. The first kappa shape index (κ1) is 8.99. The molecule has 0 aliphatic heterocycles. The second-order valence-electron chi connectivity index (χ2n) is 2.59. The Morgan fingerprint density at radius 3 is 2.67 bits per heavy atom. The second kappa shape index (κ2) is 4.06. The van der Waals surface area contributed by atoms with E-state index in [0.29, 0.717) is 6.54 Å². The highest BCUT2D eigenvalue weighted by atomic mass is 16.6. The van der Waals surface area contributed by atoms with Crippen molar-refractivity contribution in [1.29, 1.82) is 0 Å². The lowest BCUT2D eigenvalue weighted by Gasteiger charge is -2.03. The molecule has 0 aromatic heterocycles. The van der Waals surface area contributed by atoms with Crippen molar-refractivity contribution in [3.63, 3.8) is 0 Å². The molecule has 0 atom stereocenters. The van der Waals surface area contributed by atoms with Crippen molar-refractivity contribution < 1.29 is 14.3 Å². The lowest BCUT2D eigenvalue weighted by Crippen LogP contribution is -2.42. The van der Waals surface area contributed by atoms with Crippen LogP contribution in [-0.4, -0.2) is 24.5 Å². The van der Waals surface area contributed by atoms with Gasteiger partial charge in [0.05, 0.1) is 0 Å². The molecule has 12 heavy (non-hydrogen) atoms. The van der Waals surface area contributed by atoms with E-state index < -0.39 is 11.9 Å². The van der Waals surface area contributed by atoms with E-state index in [2.05, 4.69) is 10.9 Å². The third-order valence-electron chi connectivity index (χ3n) is 1.36. The molecule has 0 bridgehead atoms. The molecule has 0 spiro atoms. The van der Waals surface area contributed by atoms with Gasteiger partial charge >= 0.3 is 11.9 Å². The van der Waals surface area contributed by atoms with Crippen LogP contribution in [-0.2, 0) is 14.3 Å². The van der Waals surface area contributed by atoms with Gasteiger partial charge in [-0.25, -0.2) is 10.2 Å². The molecule has 0 aromatic rings. The average molecular weight is 172 g/mol. The molecule has 1 amide bonds. The Balaban J connectivity index is 2.15. The summed E-state index contributed by atoms with van der Waals surface area (Å²) < 4.78 is 4.73. The Bertz CT molecular complexity index is 189. The zero-order chi connectivity index (χ0) is 8.97. The highest BCUT2D eigenvalue weighted by molar-refractivity contribution is 6.32. The fourth-order valence-corrected chi connectivity index (χ4v) is 0.610. The maximum Gasteiger partial charge on any atom is 0.398 e. The molecule has 1 saturated carbocycles. The minimum Gasteiger partial charge on any atom is -0.455 e. The van der Waals surface area contributed by atoms with Crippen molar-refractivity contribution in [2.75, 3.05) is 6.54 Å². The predicted octanol–water partition coefficient (Wildman–Crippen LogP) is -0.667. The fraction of sp³-hybridized carbons (Fsp3) is 0.714. The van der Waals surface area contributed by atoms with Crippen LogP contribution in [0.5, 0.6) is 0 Å². The molecular weight excluding hydrogens is 160 g/mol. The molecule has 2 N–H and O–H groups in total. The van der Waals surface area contributed by atoms with Crippen molar-refractivity contribution in [3.8, 4) is 0 Å². The van der Waals surface area contributed by atoms with Crippen LogP contribution in [0.4, 0.5) is 0 Å². The molecule has 68 valence electrons. The van der Waals surface area contributed by atoms with Gasteiger partial charge in [-0.05, 0) is 12.8 Å². The molecule has 0 radical (unpaired) electrons. The molecule has 5 heteroatoms. The van der Waals surface area contributed by atoms with E-state index in [1.165, 1.54) is 0 Å². The number of hydrazine groups is 1. The van der Waals surface area contributed by atoms with E-state index >= 15 is 0 Å². The highest BCUT2D eigenvalue weighted by Gasteiger charge is 2.28. The number of carbonyl (C=O) groups excluding carboxylic acids is 2. The lowest BCUT2D eigenvalue weighted by atomic mass is 10.6. The van der Waals surface area contributed by atoms with E-state index in [1.54, 1.807) is 0 Å². The molecule has 1 aliphatic rings. The zero-order valence-electron chi connectivity index (χ0n) is 6.92. The first-order valence-corrected chi connectivity index (χ1v) is 3.98. The largest absolute Gasteiger partial charge is 0.455 e. The first-order valence-electron chi connectivity index (χ1n) is 3.98. The number of carbonyl (C=O) groups is 2. The summed E-state index contributed by atoms with van der Waals surface area (Å²) in [5, 5.41) is 0. The van der Waals surface area contributed by atoms with Crippen LogP contribution in [0.15, 0.2) is 0 Å². The average Bonchev–Trinajstić information content (AvgIpc) is 2.83. The minimum atomic E-state index is -0.807. The number of amides is 1. The lowest BCUT2D eigenvalue weighted by molar-refractivity contribution is -0.156. The Morgan fingerprint density at radius 2 is 2.17 bits per heavy atom. The van der Waals surface area contributed by atoms with E-state index in [-0.39, 0.29) is 6.10 Å². The van der Waals surface area contributed by atoms with Crippen LogP contribution in [0.2, 0.25) is 0 Å². The van der Waals surface area contributed by atoms with Gasteiger partial charge in [0.15, 0.2) is 0 Å². The summed E-state index contributed by atoms with van der Waals surface area (Å²) in [6.45, 7) is 2.38. The molecule has 0 heterocycles. The van der Waals surface area contributed by atoms with Gasteiger partial charge in [0.2, 0.25) is 0 Å². The van der Waals surface area contributed by atoms with Crippen LogP contribution < -0.4 is 10.9 Å². The summed E-state index contributed by atoms with van der Waals surface area (Å²) in [5.74, 6) is -1.54. The van der Waals surface area contributed by atoms with Gasteiger partial charge in [0.1, 0.15) is 6.10 Å². The quantitative estimate of drug-likeness (QED) is 0.336. The molecule has 0 unspecified atom stereocenters. The maximum absolute atomic E-state index is 10.8. The molecule has 1 aliphatic carbocycles. The summed E-state index contributed by atoms with van der Waals surface area (Å²) >= 11 is 0. The summed E-state index contributed by atoms with van der Waals surface area (Å²) in [5.41, 5.74) is 4.72. The minimum absolute atomic E-state index is 0.0233. The number of hydrogen-bond acceptors (Lipinski definition) is 4. The van der Waals surface area contributed by atoms with Crippen LogP contribution in [0.3, 0.4) is 0 Å². The number of nitrogens with one attached hydrogen (secondary N) is 2. The van der Waals surface area contributed by atoms with Crippen molar-refractivity contribution in [2.24, 2.45) is 0 Å². The number of ether oxygens (including phenoxy) is 1. The zero-order valence-corrected chi connectivity index (χ0v) is 6.92. The monoisotopic (exact) mass is 172 g/mol. The summed E-state index contributed by atoms with van der Waals surface area (Å²) in [6.07, 6.45) is 1.73. The smallest absolute Gasteiger partial charge is 0.398 e. The Morgan fingerprint density at radius 1 is 1.50 bits per heavy atom. The molecule has 1 rings (SSSR count). The van der Waals surface area contributed by atoms with Gasteiger partial charge in [0.25, 0.3) is 0 Å². The molecule has 0 saturated heterocycles. The van der Waals surface area contributed by atoms with Crippen LogP contribution in [0.25, 0.3) is 0 Å². The van der Waals surface area contributed by atoms with Gasteiger partial charge in [-0.1, -0.05) is 6.92 Å².